The fourth-order valence-corrected chi connectivity index (χ4v) is 6.14. The van der Waals surface area contributed by atoms with Gasteiger partial charge in [0.1, 0.15) is 5.54 Å². The zero-order chi connectivity index (χ0) is 24.0. The van der Waals surface area contributed by atoms with E-state index in [9.17, 15) is 26.4 Å². The topological polar surface area (TPSA) is 106 Å². The van der Waals surface area contributed by atoms with Crippen LogP contribution >= 0.6 is 12.4 Å². The Balaban J connectivity index is 0.00000324. The van der Waals surface area contributed by atoms with Gasteiger partial charge in [-0.15, -0.1) is 12.4 Å². The lowest BCUT2D eigenvalue weighted by atomic mass is 10.1. The van der Waals surface area contributed by atoms with Gasteiger partial charge in [-0.3, -0.25) is 4.79 Å². The smallest absolute Gasteiger partial charge is 0.369 e. The summed E-state index contributed by atoms with van der Waals surface area (Å²) in [6, 6.07) is 4.51. The van der Waals surface area contributed by atoms with E-state index in [1.54, 1.807) is 0 Å². The summed E-state index contributed by atoms with van der Waals surface area (Å²) in [6.07, 6.45) is -3.96. The van der Waals surface area contributed by atoms with E-state index in [1.807, 2.05) is 18.0 Å². The molecule has 0 radical (unpaired) electrons. The molecule has 1 aliphatic carbocycles. The first-order chi connectivity index (χ1) is 15.4. The van der Waals surface area contributed by atoms with E-state index >= 15 is 0 Å². The van der Waals surface area contributed by atoms with Crippen LogP contribution in [0.2, 0.25) is 0 Å². The molecule has 3 fully saturated rings. The highest BCUT2D eigenvalue weighted by Crippen LogP contribution is 2.39. The third-order valence-electron chi connectivity index (χ3n) is 6.62. The van der Waals surface area contributed by atoms with E-state index in [-0.39, 0.29) is 25.4 Å². The van der Waals surface area contributed by atoms with E-state index < -0.39 is 49.2 Å². The summed E-state index contributed by atoms with van der Waals surface area (Å²) in [5, 5.41) is 13.3. The molecule has 0 bridgehead atoms. The monoisotopic (exact) mass is 521 g/mol. The van der Waals surface area contributed by atoms with Crippen LogP contribution in [-0.2, 0) is 20.8 Å². The molecule has 2 N–H and O–H groups in total. The number of nitriles is 1. The maximum absolute atomic E-state index is 13.9. The van der Waals surface area contributed by atoms with Crippen molar-refractivity contribution in [1.82, 2.24) is 15.5 Å². The number of carbonyl (C=O) groups is 1. The Morgan fingerprint density at radius 3 is 2.44 bits per heavy atom. The fourth-order valence-electron chi connectivity index (χ4n) is 4.28. The lowest BCUT2D eigenvalue weighted by Gasteiger charge is -2.34. The molecule has 2 aliphatic heterocycles. The number of carbonyl (C=O) groups excluding carboxylic acids is 1. The summed E-state index contributed by atoms with van der Waals surface area (Å²) in [4.78, 5) is 15.5. The van der Waals surface area contributed by atoms with Crippen molar-refractivity contribution in [2.24, 2.45) is 0 Å². The zero-order valence-corrected chi connectivity index (χ0v) is 20.2. The number of anilines is 1. The Hall–Kier alpha value is -2.07. The van der Waals surface area contributed by atoms with Crippen molar-refractivity contribution in [1.29, 1.82) is 5.26 Å². The van der Waals surface area contributed by atoms with Crippen LogP contribution < -0.4 is 15.5 Å². The number of alkyl halides is 3. The van der Waals surface area contributed by atoms with Crippen molar-refractivity contribution in [3.63, 3.8) is 0 Å². The Kier molecular flexibility index (Phi) is 7.43. The predicted octanol–water partition coefficient (Wildman–Crippen LogP) is 1.56. The number of nitrogens with one attached hydrogen (secondary N) is 2. The van der Waals surface area contributed by atoms with E-state index in [0.717, 1.165) is 12.1 Å². The molecule has 1 amide bonds. The summed E-state index contributed by atoms with van der Waals surface area (Å²) in [5.41, 5.74) is -1.76. The van der Waals surface area contributed by atoms with E-state index in [4.69, 9.17) is 5.26 Å². The molecule has 0 spiro atoms. The number of benzene rings is 1. The van der Waals surface area contributed by atoms with Gasteiger partial charge in [0.05, 0.1) is 27.8 Å². The predicted molar refractivity (Wildman–Crippen MR) is 122 cm³/mol. The number of piperazine rings is 1. The lowest BCUT2D eigenvalue weighted by molar-refractivity contribution is -0.139. The number of nitrogens with zero attached hydrogens (tertiary/aromatic N) is 3. The van der Waals surface area contributed by atoms with Crippen molar-refractivity contribution in [2.75, 3.05) is 44.7 Å². The molecular weight excluding hydrogens is 495 g/mol. The maximum atomic E-state index is 13.9. The first kappa shape index (κ1) is 26.5. The third kappa shape index (κ3) is 5.27. The number of rotatable bonds is 5. The lowest BCUT2D eigenvalue weighted by Crippen LogP contribution is -2.45. The van der Waals surface area contributed by atoms with Crippen LogP contribution in [0.4, 0.5) is 18.9 Å². The third-order valence-corrected chi connectivity index (χ3v) is 8.82. The van der Waals surface area contributed by atoms with Gasteiger partial charge in [-0.05, 0) is 44.5 Å². The SMILES string of the molecule is CN1CCN(c2ccc(S(=O)(=O)[C@H]3CN[C@H](C(=O)NC4(C#N)CC4)C3)c(C(F)(F)F)c2)CC1.Cl. The fraction of sp³-hybridized carbons (Fsp3) is 0.619. The molecular formula is C21H27ClF3N5O3S. The van der Waals surface area contributed by atoms with Crippen LogP contribution in [0.15, 0.2) is 23.1 Å². The molecule has 0 aromatic heterocycles. The van der Waals surface area contributed by atoms with Gasteiger partial charge in [-0.1, -0.05) is 0 Å². The molecule has 3 aliphatic rings. The molecule has 4 rings (SSSR count). The summed E-state index contributed by atoms with van der Waals surface area (Å²) in [5.74, 6) is -0.506. The molecule has 0 unspecified atom stereocenters. The second kappa shape index (κ2) is 9.53. The summed E-state index contributed by atoms with van der Waals surface area (Å²) >= 11 is 0. The standard InChI is InChI=1S/C21H26F3N5O3S.ClH/c1-28-6-8-29(9-7-28)14-2-3-18(16(10-14)21(22,23)24)33(31,32)15-11-17(26-12-15)19(30)27-20(13-25)4-5-20;/h2-3,10,15,17,26H,4-9,11-12H2,1H3,(H,27,30);1H/t15-,17+;/m1./s1. The van der Waals surface area contributed by atoms with Crippen molar-refractivity contribution < 1.29 is 26.4 Å². The minimum absolute atomic E-state index is 0. The van der Waals surface area contributed by atoms with Gasteiger partial charge in [0.25, 0.3) is 0 Å². The number of hydrogen-bond donors (Lipinski definition) is 2. The van der Waals surface area contributed by atoms with Gasteiger partial charge >= 0.3 is 6.18 Å². The van der Waals surface area contributed by atoms with Crippen LogP contribution in [0.3, 0.4) is 0 Å². The van der Waals surface area contributed by atoms with Crippen molar-refractivity contribution in [2.45, 2.75) is 47.2 Å². The highest BCUT2D eigenvalue weighted by atomic mass is 35.5. The Morgan fingerprint density at radius 2 is 1.88 bits per heavy atom. The number of likely N-dealkylation sites (N-methyl/N-ethyl adjacent to an activating group) is 1. The Morgan fingerprint density at radius 1 is 1.24 bits per heavy atom. The second-order valence-electron chi connectivity index (χ2n) is 9.02. The first-order valence-corrected chi connectivity index (χ1v) is 12.4. The molecule has 1 aromatic carbocycles. The number of hydrogen-bond acceptors (Lipinski definition) is 7. The molecule has 2 atom stereocenters. The highest BCUT2D eigenvalue weighted by molar-refractivity contribution is 7.92. The van der Waals surface area contributed by atoms with Crippen molar-refractivity contribution in [3.8, 4) is 6.07 Å². The molecule has 1 saturated carbocycles. The molecule has 2 saturated heterocycles. The highest BCUT2D eigenvalue weighted by Gasteiger charge is 2.48. The molecule has 8 nitrogen and oxygen atoms in total. The first-order valence-electron chi connectivity index (χ1n) is 10.8. The van der Waals surface area contributed by atoms with Gasteiger partial charge in [-0.2, -0.15) is 18.4 Å². The van der Waals surface area contributed by atoms with Crippen LogP contribution in [0.1, 0.15) is 24.8 Å². The molecule has 13 heteroatoms. The van der Waals surface area contributed by atoms with E-state index in [2.05, 4.69) is 15.5 Å². The van der Waals surface area contributed by atoms with E-state index in [0.29, 0.717) is 44.7 Å². The van der Waals surface area contributed by atoms with Crippen LogP contribution in [0.5, 0.6) is 0 Å². The van der Waals surface area contributed by atoms with Crippen LogP contribution in [0, 0.1) is 11.3 Å². The quantitative estimate of drug-likeness (QED) is 0.605. The minimum Gasteiger partial charge on any atom is -0.369 e. The number of halogens is 4. The second-order valence-corrected chi connectivity index (χ2v) is 11.2. The Bertz CT molecular complexity index is 1080. The van der Waals surface area contributed by atoms with Gasteiger partial charge in [0.2, 0.25) is 5.91 Å². The van der Waals surface area contributed by atoms with Crippen LogP contribution in [0.25, 0.3) is 0 Å². The normalized spacial score (nSPS) is 24.7. The minimum atomic E-state index is -4.85. The zero-order valence-electron chi connectivity index (χ0n) is 18.6. The maximum Gasteiger partial charge on any atom is 0.417 e. The summed E-state index contributed by atoms with van der Waals surface area (Å²) in [7, 11) is -2.43. The van der Waals surface area contributed by atoms with Crippen molar-refractivity contribution >= 4 is 33.8 Å². The molecule has 1 aromatic rings. The van der Waals surface area contributed by atoms with Crippen LogP contribution in [-0.4, -0.2) is 75.8 Å². The van der Waals surface area contributed by atoms with E-state index in [1.165, 1.54) is 6.07 Å². The Labute approximate surface area is 202 Å². The average molecular weight is 522 g/mol. The average Bonchev–Trinajstić information content (AvgIpc) is 3.34. The summed E-state index contributed by atoms with van der Waals surface area (Å²) in [6.45, 7) is 2.36. The van der Waals surface area contributed by atoms with Gasteiger partial charge in [0.15, 0.2) is 9.84 Å². The summed E-state index contributed by atoms with van der Waals surface area (Å²) < 4.78 is 68.2. The molecule has 2 heterocycles. The van der Waals surface area contributed by atoms with Gasteiger partial charge in [0, 0.05) is 38.4 Å². The molecule has 34 heavy (non-hydrogen) atoms. The van der Waals surface area contributed by atoms with Gasteiger partial charge in [-0.25, -0.2) is 8.42 Å². The van der Waals surface area contributed by atoms with Crippen molar-refractivity contribution in [3.05, 3.63) is 23.8 Å². The van der Waals surface area contributed by atoms with Gasteiger partial charge < -0.3 is 20.4 Å². The largest absolute Gasteiger partial charge is 0.417 e. The number of amides is 1. The number of sulfone groups is 1. The molecule has 188 valence electrons.